The highest BCUT2D eigenvalue weighted by Gasteiger charge is 2.31. The highest BCUT2D eigenvalue weighted by molar-refractivity contribution is 5.48. The Hall–Kier alpha value is -1.96. The number of aryl methyl sites for hydroxylation is 2. The Morgan fingerprint density at radius 2 is 1.07 bits per heavy atom. The second-order valence-electron chi connectivity index (χ2n) is 9.34. The van der Waals surface area contributed by atoms with Gasteiger partial charge in [0.05, 0.1) is 0 Å². The van der Waals surface area contributed by atoms with E-state index >= 15 is 0 Å². The van der Waals surface area contributed by atoms with E-state index in [1.807, 2.05) is 12.1 Å². The largest absolute Gasteiger partial charge is 0.508 e. The van der Waals surface area contributed by atoms with Crippen molar-refractivity contribution in [2.45, 2.75) is 85.5 Å². The topological polar surface area (TPSA) is 40.5 Å². The third-order valence-corrected chi connectivity index (χ3v) is 6.45. The number of phenolic OH excluding ortho intramolecular Hbond substituents is 2. The summed E-state index contributed by atoms with van der Waals surface area (Å²) < 4.78 is 0. The van der Waals surface area contributed by atoms with Crippen molar-refractivity contribution in [2.24, 2.45) is 11.8 Å². The molecule has 0 amide bonds. The van der Waals surface area contributed by atoms with Crippen molar-refractivity contribution in [1.29, 1.82) is 0 Å². The fraction of sp³-hybridized carbons (Fsp3) is 0.556. The van der Waals surface area contributed by atoms with E-state index < -0.39 is 0 Å². The van der Waals surface area contributed by atoms with E-state index in [4.69, 9.17) is 0 Å². The molecule has 2 nitrogen and oxygen atoms in total. The van der Waals surface area contributed by atoms with Crippen molar-refractivity contribution in [3.63, 3.8) is 0 Å². The minimum Gasteiger partial charge on any atom is -0.508 e. The van der Waals surface area contributed by atoms with Crippen LogP contribution in [0.25, 0.3) is 0 Å². The minimum atomic E-state index is -0.111. The van der Waals surface area contributed by atoms with Crippen molar-refractivity contribution in [2.75, 3.05) is 0 Å². The SMILES string of the molecule is CCC(CC)(c1ccc(O)c(CCC(C)C)c1)c1ccc(O)c(CCC(C)C)c1. The Bertz CT molecular complexity index is 722. The Balaban J connectivity index is 2.49. The van der Waals surface area contributed by atoms with Gasteiger partial charge >= 0.3 is 0 Å². The molecule has 2 N–H and O–H groups in total. The van der Waals surface area contributed by atoms with E-state index in [1.54, 1.807) is 0 Å². The van der Waals surface area contributed by atoms with Gasteiger partial charge in [0.1, 0.15) is 11.5 Å². The second kappa shape index (κ2) is 10.2. The number of hydrogen-bond donors (Lipinski definition) is 2. The van der Waals surface area contributed by atoms with Gasteiger partial charge in [0.25, 0.3) is 0 Å². The fourth-order valence-electron chi connectivity index (χ4n) is 4.29. The molecule has 0 saturated carbocycles. The van der Waals surface area contributed by atoms with Crippen LogP contribution in [0, 0.1) is 11.8 Å². The van der Waals surface area contributed by atoms with Crippen LogP contribution in [0.4, 0.5) is 0 Å². The summed E-state index contributed by atoms with van der Waals surface area (Å²) in [6, 6.07) is 12.3. The lowest BCUT2D eigenvalue weighted by Gasteiger charge is -2.34. The highest BCUT2D eigenvalue weighted by Crippen LogP contribution is 2.42. The van der Waals surface area contributed by atoms with Crippen LogP contribution in [-0.4, -0.2) is 10.2 Å². The van der Waals surface area contributed by atoms with Crippen molar-refractivity contribution < 1.29 is 10.2 Å². The van der Waals surface area contributed by atoms with Gasteiger partial charge in [0.15, 0.2) is 0 Å². The van der Waals surface area contributed by atoms with Crippen molar-refractivity contribution in [1.82, 2.24) is 0 Å². The van der Waals surface area contributed by atoms with Gasteiger partial charge in [-0.15, -0.1) is 0 Å². The van der Waals surface area contributed by atoms with Crippen LogP contribution in [0.15, 0.2) is 36.4 Å². The summed E-state index contributed by atoms with van der Waals surface area (Å²) in [6.45, 7) is 13.4. The van der Waals surface area contributed by atoms with Gasteiger partial charge in [-0.05, 0) is 84.7 Å². The summed E-state index contributed by atoms with van der Waals surface area (Å²) in [5, 5.41) is 20.8. The minimum absolute atomic E-state index is 0.111. The molecule has 0 aliphatic rings. The molecule has 0 bridgehead atoms. The van der Waals surface area contributed by atoms with Gasteiger partial charge in [-0.2, -0.15) is 0 Å². The van der Waals surface area contributed by atoms with Crippen LogP contribution in [0.1, 0.15) is 89.5 Å². The first kappa shape index (κ1) is 23.3. The van der Waals surface area contributed by atoms with Gasteiger partial charge < -0.3 is 10.2 Å². The maximum atomic E-state index is 10.4. The summed E-state index contributed by atoms with van der Waals surface area (Å²) in [4.78, 5) is 0. The van der Waals surface area contributed by atoms with E-state index in [1.165, 1.54) is 11.1 Å². The first-order valence-electron chi connectivity index (χ1n) is 11.4. The van der Waals surface area contributed by atoms with Crippen molar-refractivity contribution in [3.8, 4) is 11.5 Å². The van der Waals surface area contributed by atoms with Crippen molar-refractivity contribution in [3.05, 3.63) is 58.7 Å². The van der Waals surface area contributed by atoms with Crippen LogP contribution in [0.5, 0.6) is 11.5 Å². The molecule has 0 spiro atoms. The molecule has 0 aliphatic carbocycles. The molecule has 0 aromatic heterocycles. The summed E-state index contributed by atoms with van der Waals surface area (Å²) in [5.41, 5.74) is 4.50. The van der Waals surface area contributed by atoms with Gasteiger partial charge in [-0.25, -0.2) is 0 Å². The van der Waals surface area contributed by atoms with E-state index in [-0.39, 0.29) is 5.41 Å². The Kier molecular flexibility index (Phi) is 8.19. The smallest absolute Gasteiger partial charge is 0.118 e. The van der Waals surface area contributed by atoms with Crippen LogP contribution in [-0.2, 0) is 18.3 Å². The molecule has 2 heteroatoms. The highest BCUT2D eigenvalue weighted by atomic mass is 16.3. The molecule has 0 saturated heterocycles. The van der Waals surface area contributed by atoms with Crippen LogP contribution >= 0.6 is 0 Å². The zero-order valence-corrected chi connectivity index (χ0v) is 19.3. The maximum absolute atomic E-state index is 10.4. The quantitative estimate of drug-likeness (QED) is 0.440. The lowest BCUT2D eigenvalue weighted by molar-refractivity contribution is 0.450. The lowest BCUT2D eigenvalue weighted by Crippen LogP contribution is -2.26. The first-order chi connectivity index (χ1) is 13.7. The third kappa shape index (κ3) is 5.56. The summed E-state index contributed by atoms with van der Waals surface area (Å²) >= 11 is 0. The number of phenols is 2. The van der Waals surface area contributed by atoms with Gasteiger partial charge in [-0.1, -0.05) is 65.8 Å². The molecule has 0 heterocycles. The Morgan fingerprint density at radius 1 is 0.690 bits per heavy atom. The number of benzene rings is 2. The van der Waals surface area contributed by atoms with Gasteiger partial charge in [0, 0.05) is 5.41 Å². The van der Waals surface area contributed by atoms with Crippen LogP contribution in [0.2, 0.25) is 0 Å². The van der Waals surface area contributed by atoms with E-state index in [0.29, 0.717) is 23.3 Å². The van der Waals surface area contributed by atoms with E-state index in [9.17, 15) is 10.2 Å². The molecule has 0 aliphatic heterocycles. The molecule has 160 valence electrons. The monoisotopic (exact) mass is 396 g/mol. The molecule has 29 heavy (non-hydrogen) atoms. The second-order valence-corrected chi connectivity index (χ2v) is 9.34. The average Bonchev–Trinajstić information content (AvgIpc) is 2.69. The third-order valence-electron chi connectivity index (χ3n) is 6.45. The number of rotatable bonds is 10. The molecule has 0 fully saturated rings. The predicted molar refractivity (Wildman–Crippen MR) is 124 cm³/mol. The van der Waals surface area contributed by atoms with Crippen LogP contribution in [0.3, 0.4) is 0 Å². The maximum Gasteiger partial charge on any atom is 0.118 e. The zero-order valence-electron chi connectivity index (χ0n) is 19.3. The zero-order chi connectivity index (χ0) is 21.6. The molecular formula is C27H40O2. The molecule has 0 unspecified atom stereocenters. The molecule has 2 rings (SSSR count). The average molecular weight is 397 g/mol. The lowest BCUT2D eigenvalue weighted by atomic mass is 9.69. The summed E-state index contributed by atoms with van der Waals surface area (Å²) in [7, 11) is 0. The fourth-order valence-corrected chi connectivity index (χ4v) is 4.29. The van der Waals surface area contributed by atoms with E-state index in [2.05, 4.69) is 65.8 Å². The Morgan fingerprint density at radius 3 is 1.38 bits per heavy atom. The van der Waals surface area contributed by atoms with Crippen molar-refractivity contribution >= 4 is 0 Å². The first-order valence-corrected chi connectivity index (χ1v) is 11.4. The van der Waals surface area contributed by atoms with Crippen LogP contribution < -0.4 is 0 Å². The molecule has 2 aromatic rings. The predicted octanol–water partition coefficient (Wildman–Crippen LogP) is 7.38. The number of aromatic hydroxyl groups is 2. The summed E-state index contributed by atoms with van der Waals surface area (Å²) in [5.74, 6) is 2.03. The van der Waals surface area contributed by atoms with E-state index in [0.717, 1.165) is 49.7 Å². The Labute approximate surface area is 178 Å². The summed E-state index contributed by atoms with van der Waals surface area (Å²) in [6.07, 6.45) is 5.90. The number of hydrogen-bond acceptors (Lipinski definition) is 2. The van der Waals surface area contributed by atoms with Gasteiger partial charge in [0.2, 0.25) is 0 Å². The molecule has 0 atom stereocenters. The normalized spacial score (nSPS) is 12.1. The van der Waals surface area contributed by atoms with Gasteiger partial charge in [-0.3, -0.25) is 0 Å². The molecular weight excluding hydrogens is 356 g/mol. The standard InChI is InChI=1S/C27H40O2/c1-7-27(8-2,23-13-15-25(28)21(17-23)11-9-19(3)4)24-14-16-26(29)22(18-24)12-10-20(5)6/h13-20,28-29H,7-12H2,1-6H3. The molecule has 2 aromatic carbocycles. The molecule has 0 radical (unpaired) electrons.